The standard InChI is InChI=1S/C29H37FN4O2/c1-5-23-24-18-22(30)11-12-25(24)31-28(23)29(36)33-16-15-32(4)13-8-14-34(27(35)17-20(2)3)26-10-7-6-9-21(26)19-33/h6-7,9-12,18,20,31H,5,8,13-17,19H2,1-4H3. The largest absolute Gasteiger partial charge is 0.350 e. The fraction of sp³-hybridized carbons (Fsp3) is 0.448. The van der Waals surface area contributed by atoms with Gasteiger partial charge in [-0.05, 0) is 67.7 Å². The second kappa shape index (κ2) is 11.2. The molecule has 0 bridgehead atoms. The van der Waals surface area contributed by atoms with Gasteiger partial charge in [-0.1, -0.05) is 39.0 Å². The van der Waals surface area contributed by atoms with E-state index in [1.807, 2.05) is 41.0 Å². The molecule has 2 heterocycles. The number of nitrogens with zero attached hydrogens (tertiary/aromatic N) is 3. The minimum atomic E-state index is -0.313. The lowest BCUT2D eigenvalue weighted by Crippen LogP contribution is -2.38. The lowest BCUT2D eigenvalue weighted by atomic mass is 10.1. The van der Waals surface area contributed by atoms with E-state index in [0.29, 0.717) is 38.2 Å². The van der Waals surface area contributed by atoms with Crippen LogP contribution in [-0.4, -0.2) is 59.8 Å². The molecule has 4 rings (SSSR count). The minimum Gasteiger partial charge on any atom is -0.350 e. The quantitative estimate of drug-likeness (QED) is 0.543. The summed E-state index contributed by atoms with van der Waals surface area (Å²) in [7, 11) is 2.05. The summed E-state index contributed by atoms with van der Waals surface area (Å²) < 4.78 is 14.0. The van der Waals surface area contributed by atoms with E-state index < -0.39 is 0 Å². The van der Waals surface area contributed by atoms with Gasteiger partial charge in [0.2, 0.25) is 5.91 Å². The number of nitrogens with one attached hydrogen (secondary N) is 1. The first-order valence-corrected chi connectivity index (χ1v) is 12.9. The second-order valence-corrected chi connectivity index (χ2v) is 10.2. The number of para-hydroxylation sites is 1. The van der Waals surface area contributed by atoms with Gasteiger partial charge in [0.1, 0.15) is 11.5 Å². The van der Waals surface area contributed by atoms with Crippen LogP contribution in [-0.2, 0) is 17.8 Å². The number of carbonyl (C=O) groups excluding carboxylic acids is 2. The predicted molar refractivity (Wildman–Crippen MR) is 143 cm³/mol. The van der Waals surface area contributed by atoms with Gasteiger partial charge in [0.05, 0.1) is 0 Å². The van der Waals surface area contributed by atoms with Crippen molar-refractivity contribution >= 4 is 28.4 Å². The maximum absolute atomic E-state index is 14.0. The van der Waals surface area contributed by atoms with Gasteiger partial charge in [0.25, 0.3) is 5.91 Å². The van der Waals surface area contributed by atoms with Gasteiger partial charge in [0.15, 0.2) is 0 Å². The molecule has 0 aliphatic carbocycles. The molecule has 0 saturated heterocycles. The van der Waals surface area contributed by atoms with E-state index in [1.54, 1.807) is 6.07 Å². The van der Waals surface area contributed by atoms with Crippen LogP contribution in [0.25, 0.3) is 10.9 Å². The van der Waals surface area contributed by atoms with Crippen LogP contribution in [0.4, 0.5) is 10.1 Å². The zero-order valence-corrected chi connectivity index (χ0v) is 21.8. The average Bonchev–Trinajstić information content (AvgIpc) is 3.20. The summed E-state index contributed by atoms with van der Waals surface area (Å²) in [6, 6.07) is 12.5. The van der Waals surface area contributed by atoms with Crippen LogP contribution in [0.1, 0.15) is 55.2 Å². The minimum absolute atomic E-state index is 0.106. The average molecular weight is 493 g/mol. The van der Waals surface area contributed by atoms with Crippen molar-refractivity contribution in [2.45, 2.75) is 46.6 Å². The summed E-state index contributed by atoms with van der Waals surface area (Å²) in [5.41, 5.74) is 3.94. The van der Waals surface area contributed by atoms with Crippen LogP contribution in [0.15, 0.2) is 42.5 Å². The van der Waals surface area contributed by atoms with Gasteiger partial charge >= 0.3 is 0 Å². The Hall–Kier alpha value is -3.19. The van der Waals surface area contributed by atoms with E-state index in [0.717, 1.165) is 47.2 Å². The number of benzene rings is 2. The van der Waals surface area contributed by atoms with Crippen LogP contribution in [0.3, 0.4) is 0 Å². The van der Waals surface area contributed by atoms with Crippen LogP contribution in [0, 0.1) is 11.7 Å². The van der Waals surface area contributed by atoms with Crippen molar-refractivity contribution in [1.82, 2.24) is 14.8 Å². The van der Waals surface area contributed by atoms with Crippen molar-refractivity contribution in [3.05, 3.63) is 65.1 Å². The highest BCUT2D eigenvalue weighted by Gasteiger charge is 2.26. The van der Waals surface area contributed by atoms with Gasteiger partial charge < -0.3 is 19.7 Å². The van der Waals surface area contributed by atoms with E-state index in [-0.39, 0.29) is 23.5 Å². The molecule has 0 saturated carbocycles. The molecule has 192 valence electrons. The molecule has 0 atom stereocenters. The highest BCUT2D eigenvalue weighted by Crippen LogP contribution is 2.28. The number of hydrogen-bond donors (Lipinski definition) is 1. The van der Waals surface area contributed by atoms with E-state index >= 15 is 0 Å². The van der Waals surface area contributed by atoms with Crippen molar-refractivity contribution < 1.29 is 14.0 Å². The van der Waals surface area contributed by atoms with Crippen molar-refractivity contribution in [2.75, 3.05) is 38.1 Å². The smallest absolute Gasteiger partial charge is 0.270 e. The Balaban J connectivity index is 1.74. The Kier molecular flexibility index (Phi) is 8.09. The summed E-state index contributed by atoms with van der Waals surface area (Å²) in [5.74, 6) is -0.0378. The number of aromatic nitrogens is 1. The Bertz CT molecular complexity index is 1240. The van der Waals surface area contributed by atoms with Crippen molar-refractivity contribution in [3.63, 3.8) is 0 Å². The number of rotatable bonds is 4. The molecule has 1 N–H and O–H groups in total. The Morgan fingerprint density at radius 3 is 2.58 bits per heavy atom. The molecule has 0 spiro atoms. The molecule has 6 nitrogen and oxygen atoms in total. The molecule has 0 radical (unpaired) electrons. The highest BCUT2D eigenvalue weighted by atomic mass is 19.1. The topological polar surface area (TPSA) is 59.7 Å². The second-order valence-electron chi connectivity index (χ2n) is 10.2. The van der Waals surface area contributed by atoms with Gasteiger partial charge in [-0.25, -0.2) is 4.39 Å². The molecule has 36 heavy (non-hydrogen) atoms. The first-order valence-electron chi connectivity index (χ1n) is 12.9. The molecule has 2 amide bonds. The number of likely N-dealkylation sites (N-methyl/N-ethyl adjacent to an activating group) is 1. The molecule has 3 aromatic rings. The zero-order chi connectivity index (χ0) is 25.8. The number of anilines is 1. The third kappa shape index (κ3) is 5.62. The molecule has 0 fully saturated rings. The lowest BCUT2D eigenvalue weighted by molar-refractivity contribution is -0.119. The van der Waals surface area contributed by atoms with Gasteiger partial charge in [-0.15, -0.1) is 0 Å². The maximum atomic E-state index is 14.0. The third-order valence-corrected chi connectivity index (χ3v) is 6.92. The summed E-state index contributed by atoms with van der Waals surface area (Å²) in [6.07, 6.45) is 1.96. The monoisotopic (exact) mass is 492 g/mol. The molecule has 7 heteroatoms. The number of fused-ring (bicyclic) bond motifs is 2. The fourth-order valence-electron chi connectivity index (χ4n) is 5.03. The molecular weight excluding hydrogens is 455 g/mol. The van der Waals surface area contributed by atoms with Crippen LogP contribution in [0.2, 0.25) is 0 Å². The number of hydrogen-bond acceptors (Lipinski definition) is 3. The number of carbonyl (C=O) groups is 2. The summed E-state index contributed by atoms with van der Waals surface area (Å²) in [5, 5.41) is 0.752. The molecule has 0 unspecified atom stereocenters. The molecule has 1 aliphatic rings. The highest BCUT2D eigenvalue weighted by molar-refractivity contribution is 6.01. The first kappa shape index (κ1) is 25.9. The maximum Gasteiger partial charge on any atom is 0.270 e. The van der Waals surface area contributed by atoms with E-state index in [1.165, 1.54) is 12.1 Å². The molecule has 1 aromatic heterocycles. The van der Waals surface area contributed by atoms with Crippen LogP contribution in [0.5, 0.6) is 0 Å². The van der Waals surface area contributed by atoms with Gasteiger partial charge in [-0.3, -0.25) is 9.59 Å². The zero-order valence-electron chi connectivity index (χ0n) is 21.8. The Labute approximate surface area is 213 Å². The van der Waals surface area contributed by atoms with E-state index in [9.17, 15) is 14.0 Å². The van der Waals surface area contributed by atoms with Gasteiger partial charge in [0, 0.05) is 49.2 Å². The summed E-state index contributed by atoms with van der Waals surface area (Å²) in [6.45, 7) is 9.25. The molecular formula is C29H37FN4O2. The van der Waals surface area contributed by atoms with Crippen molar-refractivity contribution in [1.29, 1.82) is 0 Å². The number of H-pyrrole nitrogens is 1. The van der Waals surface area contributed by atoms with Crippen LogP contribution >= 0.6 is 0 Å². The Morgan fingerprint density at radius 1 is 1.06 bits per heavy atom. The third-order valence-electron chi connectivity index (χ3n) is 6.92. The number of halogens is 1. The number of aryl methyl sites for hydroxylation is 1. The van der Waals surface area contributed by atoms with Crippen molar-refractivity contribution in [2.24, 2.45) is 5.92 Å². The molecule has 2 aromatic carbocycles. The lowest BCUT2D eigenvalue weighted by Gasteiger charge is -2.28. The van der Waals surface area contributed by atoms with Crippen LogP contribution < -0.4 is 4.90 Å². The normalized spacial score (nSPS) is 15.7. The number of aromatic amines is 1. The fourth-order valence-corrected chi connectivity index (χ4v) is 5.03. The first-order chi connectivity index (χ1) is 17.3. The SMILES string of the molecule is CCc1c(C(=O)N2CCN(C)CCCN(C(=O)CC(C)C)c3ccccc3C2)[nH]c2ccc(F)cc12. The number of amides is 2. The molecule has 1 aliphatic heterocycles. The van der Waals surface area contributed by atoms with Gasteiger partial charge in [-0.2, -0.15) is 0 Å². The summed E-state index contributed by atoms with van der Waals surface area (Å²) >= 11 is 0. The summed E-state index contributed by atoms with van der Waals surface area (Å²) in [4.78, 5) is 36.4. The van der Waals surface area contributed by atoms with E-state index in [2.05, 4.69) is 30.8 Å². The van der Waals surface area contributed by atoms with E-state index in [4.69, 9.17) is 0 Å². The predicted octanol–water partition coefficient (Wildman–Crippen LogP) is 5.23. The Morgan fingerprint density at radius 2 is 1.83 bits per heavy atom. The van der Waals surface area contributed by atoms with Crippen molar-refractivity contribution in [3.8, 4) is 0 Å².